The lowest BCUT2D eigenvalue weighted by molar-refractivity contribution is -0.115. The molecule has 28 heavy (non-hydrogen) atoms. The van der Waals surface area contributed by atoms with E-state index in [2.05, 4.69) is 15.5 Å². The number of morpholine rings is 1. The second kappa shape index (κ2) is 8.04. The Morgan fingerprint density at radius 2 is 1.89 bits per heavy atom. The van der Waals surface area contributed by atoms with E-state index in [9.17, 15) is 9.59 Å². The molecule has 1 aromatic carbocycles. The Balaban J connectivity index is 1.31. The van der Waals surface area contributed by atoms with E-state index in [1.807, 2.05) is 53.4 Å². The molecule has 0 bridgehead atoms. The smallest absolute Gasteiger partial charge is 0.268 e. The van der Waals surface area contributed by atoms with E-state index in [-0.39, 0.29) is 18.4 Å². The van der Waals surface area contributed by atoms with Crippen LogP contribution in [0.3, 0.4) is 0 Å². The molecule has 0 unspecified atom stereocenters. The number of aryl methyl sites for hydroxylation is 1. The number of carbonyl (C=O) groups is 2. The fraction of sp³-hybridized carbons (Fsp3) is 0.300. The fourth-order valence-corrected chi connectivity index (χ4v) is 4.15. The van der Waals surface area contributed by atoms with E-state index in [0.717, 1.165) is 42.2 Å². The lowest BCUT2D eigenvalue weighted by Gasteiger charge is -2.28. The number of carbonyl (C=O) groups excluding carboxylic acids is 2. The quantitative estimate of drug-likeness (QED) is 0.692. The van der Waals surface area contributed by atoms with Crippen molar-refractivity contribution in [3.63, 3.8) is 0 Å². The van der Waals surface area contributed by atoms with E-state index in [0.29, 0.717) is 11.4 Å². The monoisotopic (exact) mass is 398 g/mol. The molecule has 3 heterocycles. The van der Waals surface area contributed by atoms with E-state index < -0.39 is 0 Å². The number of thiophene rings is 1. The molecule has 1 aliphatic heterocycles. The second-order valence-corrected chi connectivity index (χ2v) is 7.58. The van der Waals surface area contributed by atoms with Crippen LogP contribution in [0.2, 0.25) is 0 Å². The molecule has 146 valence electrons. The predicted octanol–water partition coefficient (Wildman–Crippen LogP) is 2.44. The van der Waals surface area contributed by atoms with Crippen LogP contribution in [0.25, 0.3) is 10.2 Å². The molecule has 1 fully saturated rings. The number of aromatic nitrogens is 1. The molecule has 2 aromatic heterocycles. The topological polar surface area (TPSA) is 75.6 Å². The molecule has 2 N–H and O–H groups in total. The van der Waals surface area contributed by atoms with E-state index in [1.54, 1.807) is 11.3 Å². The number of rotatable bonds is 5. The molecule has 7 nitrogen and oxygen atoms in total. The predicted molar refractivity (Wildman–Crippen MR) is 111 cm³/mol. The van der Waals surface area contributed by atoms with Crippen molar-refractivity contribution in [2.24, 2.45) is 7.05 Å². The van der Waals surface area contributed by atoms with Gasteiger partial charge in [-0.15, -0.1) is 11.3 Å². The number of anilines is 2. The number of benzene rings is 1. The fourth-order valence-electron chi connectivity index (χ4n) is 3.30. The van der Waals surface area contributed by atoms with Crippen molar-refractivity contribution in [3.05, 3.63) is 47.5 Å². The number of amides is 2. The molecular formula is C20H22N4O3S. The number of nitrogens with one attached hydrogen (secondary N) is 2. The molecule has 2 amide bonds. The Morgan fingerprint density at radius 1 is 1.14 bits per heavy atom. The van der Waals surface area contributed by atoms with Gasteiger partial charge >= 0.3 is 0 Å². The summed E-state index contributed by atoms with van der Waals surface area (Å²) < 4.78 is 8.25. The second-order valence-electron chi connectivity index (χ2n) is 6.64. The summed E-state index contributed by atoms with van der Waals surface area (Å²) in [5, 5.41) is 7.49. The third-order valence-corrected chi connectivity index (χ3v) is 5.69. The molecule has 4 rings (SSSR count). The lowest BCUT2D eigenvalue weighted by Crippen LogP contribution is -2.36. The summed E-state index contributed by atoms with van der Waals surface area (Å²) in [7, 11) is 1.85. The molecule has 0 atom stereocenters. The molecule has 0 spiro atoms. The Morgan fingerprint density at radius 3 is 2.61 bits per heavy atom. The first-order valence-electron chi connectivity index (χ1n) is 9.15. The zero-order valence-electron chi connectivity index (χ0n) is 15.6. The van der Waals surface area contributed by atoms with Crippen molar-refractivity contribution < 1.29 is 14.3 Å². The van der Waals surface area contributed by atoms with Crippen molar-refractivity contribution in [1.82, 2.24) is 9.88 Å². The number of hydrogen-bond acceptors (Lipinski definition) is 5. The summed E-state index contributed by atoms with van der Waals surface area (Å²) in [6.07, 6.45) is 0. The normalized spacial score (nSPS) is 14.2. The Kier molecular flexibility index (Phi) is 5.31. The van der Waals surface area contributed by atoms with Crippen LogP contribution in [0.15, 0.2) is 41.8 Å². The minimum Gasteiger partial charge on any atom is -0.378 e. The third kappa shape index (κ3) is 3.88. The highest BCUT2D eigenvalue weighted by Gasteiger charge is 2.15. The van der Waals surface area contributed by atoms with Gasteiger partial charge in [0.1, 0.15) is 5.69 Å². The number of nitrogens with zero attached hydrogens (tertiary/aromatic N) is 2. The van der Waals surface area contributed by atoms with Crippen LogP contribution in [0.4, 0.5) is 11.4 Å². The van der Waals surface area contributed by atoms with Gasteiger partial charge in [0.2, 0.25) is 5.91 Å². The van der Waals surface area contributed by atoms with Crippen LogP contribution in [-0.2, 0) is 16.6 Å². The summed E-state index contributed by atoms with van der Waals surface area (Å²) >= 11 is 1.59. The highest BCUT2D eigenvalue weighted by Crippen LogP contribution is 2.24. The summed E-state index contributed by atoms with van der Waals surface area (Å²) in [4.78, 5) is 26.8. The maximum atomic E-state index is 12.4. The molecule has 0 radical (unpaired) electrons. The Hall–Kier alpha value is -2.84. The van der Waals surface area contributed by atoms with Gasteiger partial charge in [-0.1, -0.05) is 0 Å². The standard InChI is InChI=1S/C20H22N4O3S/c1-23-16-6-11-28-18(16)12-17(23)20(26)21-13-19(25)22-14-2-4-15(5-3-14)24-7-9-27-10-8-24/h2-6,11-12H,7-10,13H2,1H3,(H,21,26)(H,22,25). The molecule has 3 aromatic rings. The first kappa shape index (κ1) is 18.5. The summed E-state index contributed by atoms with van der Waals surface area (Å²) in [5.74, 6) is -0.521. The molecule has 0 aliphatic carbocycles. The zero-order chi connectivity index (χ0) is 19.5. The molecule has 8 heteroatoms. The average molecular weight is 398 g/mol. The first-order valence-corrected chi connectivity index (χ1v) is 10.0. The van der Waals surface area contributed by atoms with Gasteiger partial charge in [-0.2, -0.15) is 0 Å². The average Bonchev–Trinajstić information content (AvgIpc) is 3.30. The van der Waals surface area contributed by atoms with Gasteiger partial charge in [0.05, 0.1) is 30.0 Å². The van der Waals surface area contributed by atoms with Crippen molar-refractivity contribution in [2.75, 3.05) is 43.1 Å². The maximum absolute atomic E-state index is 12.4. The van der Waals surface area contributed by atoms with Crippen molar-refractivity contribution in [3.8, 4) is 0 Å². The highest BCUT2D eigenvalue weighted by molar-refractivity contribution is 7.17. The van der Waals surface area contributed by atoms with Crippen molar-refractivity contribution in [2.45, 2.75) is 0 Å². The molecule has 0 saturated carbocycles. The number of fused-ring (bicyclic) bond motifs is 1. The van der Waals surface area contributed by atoms with Gasteiger partial charge in [0, 0.05) is 31.5 Å². The molecular weight excluding hydrogens is 376 g/mol. The lowest BCUT2D eigenvalue weighted by atomic mass is 10.2. The SMILES string of the molecule is Cn1c(C(=O)NCC(=O)Nc2ccc(N3CCOCC3)cc2)cc2sccc21. The minimum atomic E-state index is -0.261. The largest absolute Gasteiger partial charge is 0.378 e. The van der Waals surface area contributed by atoms with Gasteiger partial charge in [-0.05, 0) is 41.8 Å². The Bertz CT molecular complexity index is 987. The summed E-state index contributed by atoms with van der Waals surface area (Å²) in [6.45, 7) is 3.13. The van der Waals surface area contributed by atoms with Crippen LogP contribution in [-0.4, -0.2) is 49.2 Å². The highest BCUT2D eigenvalue weighted by atomic mass is 32.1. The van der Waals surface area contributed by atoms with Gasteiger partial charge < -0.3 is 24.8 Å². The Labute approximate surface area is 166 Å². The van der Waals surface area contributed by atoms with Gasteiger partial charge in [0.15, 0.2) is 0 Å². The van der Waals surface area contributed by atoms with Crippen LogP contribution in [0, 0.1) is 0 Å². The maximum Gasteiger partial charge on any atom is 0.268 e. The van der Waals surface area contributed by atoms with Gasteiger partial charge in [-0.3, -0.25) is 9.59 Å². The first-order chi connectivity index (χ1) is 13.6. The molecule has 1 aliphatic rings. The third-order valence-electron chi connectivity index (χ3n) is 4.83. The van der Waals surface area contributed by atoms with E-state index in [1.165, 1.54) is 0 Å². The van der Waals surface area contributed by atoms with Crippen molar-refractivity contribution in [1.29, 1.82) is 0 Å². The minimum absolute atomic E-state index is 0.0805. The van der Waals surface area contributed by atoms with Crippen LogP contribution in [0.5, 0.6) is 0 Å². The van der Waals surface area contributed by atoms with Crippen LogP contribution >= 0.6 is 11.3 Å². The zero-order valence-corrected chi connectivity index (χ0v) is 16.4. The van der Waals surface area contributed by atoms with E-state index in [4.69, 9.17) is 4.74 Å². The van der Waals surface area contributed by atoms with Gasteiger partial charge in [0.25, 0.3) is 5.91 Å². The van der Waals surface area contributed by atoms with E-state index >= 15 is 0 Å². The molecule has 1 saturated heterocycles. The summed E-state index contributed by atoms with van der Waals surface area (Å²) in [6, 6.07) is 11.5. The number of hydrogen-bond donors (Lipinski definition) is 2. The van der Waals surface area contributed by atoms with Crippen molar-refractivity contribution >= 4 is 44.7 Å². The van der Waals surface area contributed by atoms with Crippen LogP contribution < -0.4 is 15.5 Å². The van der Waals surface area contributed by atoms with Crippen LogP contribution in [0.1, 0.15) is 10.5 Å². The number of ether oxygens (including phenoxy) is 1. The summed E-state index contributed by atoms with van der Waals surface area (Å²) in [5.41, 5.74) is 3.37. The van der Waals surface area contributed by atoms with Gasteiger partial charge in [-0.25, -0.2) is 0 Å².